The third kappa shape index (κ3) is 2.69. The highest BCUT2D eigenvalue weighted by molar-refractivity contribution is 9.10. The highest BCUT2D eigenvalue weighted by atomic mass is 79.9. The standard InChI is InChI=1S/C16H19BrN2S/c1-3-18-13-5-4-6-14-15(13)20-16(19-14)11-7-8-12(17)10(2)9-11/h7-9,13,18H,3-6H2,1-2H3. The third-order valence-corrected chi connectivity index (χ3v) is 5.96. The highest BCUT2D eigenvalue weighted by Gasteiger charge is 2.24. The monoisotopic (exact) mass is 350 g/mol. The van der Waals surface area contributed by atoms with Gasteiger partial charge in [0.25, 0.3) is 0 Å². The summed E-state index contributed by atoms with van der Waals surface area (Å²) in [4.78, 5) is 6.34. The Bertz CT molecular complexity index is 621. The van der Waals surface area contributed by atoms with E-state index < -0.39 is 0 Å². The first-order valence-corrected chi connectivity index (χ1v) is 8.79. The summed E-state index contributed by atoms with van der Waals surface area (Å²) in [6.45, 7) is 5.32. The number of halogens is 1. The molecule has 2 nitrogen and oxygen atoms in total. The van der Waals surface area contributed by atoms with Crippen LogP contribution in [-0.2, 0) is 6.42 Å². The normalized spacial score (nSPS) is 18.1. The summed E-state index contributed by atoms with van der Waals surface area (Å²) >= 11 is 5.42. The quantitative estimate of drug-likeness (QED) is 0.854. The smallest absolute Gasteiger partial charge is 0.123 e. The SMILES string of the molecule is CCNC1CCCc2nc(-c3ccc(Br)c(C)c3)sc21. The van der Waals surface area contributed by atoms with Crippen molar-refractivity contribution in [3.8, 4) is 10.6 Å². The molecule has 1 aromatic carbocycles. The number of hydrogen-bond donors (Lipinski definition) is 1. The average Bonchev–Trinajstić information content (AvgIpc) is 2.87. The molecular weight excluding hydrogens is 332 g/mol. The summed E-state index contributed by atoms with van der Waals surface area (Å²) < 4.78 is 1.16. The zero-order valence-corrected chi connectivity index (χ0v) is 14.3. The minimum Gasteiger partial charge on any atom is -0.309 e. The van der Waals surface area contributed by atoms with Crippen LogP contribution < -0.4 is 5.32 Å². The van der Waals surface area contributed by atoms with E-state index in [2.05, 4.69) is 53.3 Å². The van der Waals surface area contributed by atoms with E-state index in [1.165, 1.54) is 34.5 Å². The van der Waals surface area contributed by atoms with Gasteiger partial charge in [-0.1, -0.05) is 28.9 Å². The van der Waals surface area contributed by atoms with Crippen molar-refractivity contribution in [3.63, 3.8) is 0 Å². The summed E-state index contributed by atoms with van der Waals surface area (Å²) in [5, 5.41) is 4.75. The predicted molar refractivity (Wildman–Crippen MR) is 89.3 cm³/mol. The number of nitrogens with zero attached hydrogens (tertiary/aromatic N) is 1. The molecule has 1 heterocycles. The van der Waals surface area contributed by atoms with E-state index in [-0.39, 0.29) is 0 Å². The van der Waals surface area contributed by atoms with Gasteiger partial charge in [0.05, 0.1) is 5.69 Å². The van der Waals surface area contributed by atoms with Crippen LogP contribution in [0.5, 0.6) is 0 Å². The van der Waals surface area contributed by atoms with Gasteiger partial charge >= 0.3 is 0 Å². The lowest BCUT2D eigenvalue weighted by molar-refractivity contribution is 0.476. The molecule has 0 amide bonds. The van der Waals surface area contributed by atoms with Gasteiger partial charge in [0.2, 0.25) is 0 Å². The number of nitrogens with one attached hydrogen (secondary N) is 1. The number of thiazole rings is 1. The summed E-state index contributed by atoms with van der Waals surface area (Å²) in [7, 11) is 0. The molecule has 0 bridgehead atoms. The molecule has 0 saturated heterocycles. The molecular formula is C16H19BrN2S. The van der Waals surface area contributed by atoms with Gasteiger partial charge in [-0.05, 0) is 50.4 Å². The maximum absolute atomic E-state index is 4.89. The maximum atomic E-state index is 4.89. The van der Waals surface area contributed by atoms with Gasteiger partial charge < -0.3 is 5.32 Å². The Balaban J connectivity index is 1.97. The topological polar surface area (TPSA) is 24.9 Å². The molecule has 0 aliphatic heterocycles. The van der Waals surface area contributed by atoms with Crippen molar-refractivity contribution in [3.05, 3.63) is 38.8 Å². The van der Waals surface area contributed by atoms with Gasteiger partial charge in [0, 0.05) is 21.0 Å². The first-order valence-electron chi connectivity index (χ1n) is 7.18. The van der Waals surface area contributed by atoms with E-state index in [1.54, 1.807) is 0 Å². The minimum atomic E-state index is 0.506. The summed E-state index contributed by atoms with van der Waals surface area (Å²) in [5.41, 5.74) is 3.81. The fraction of sp³-hybridized carbons (Fsp3) is 0.438. The molecule has 1 aliphatic carbocycles. The van der Waals surface area contributed by atoms with E-state index in [4.69, 9.17) is 4.98 Å². The molecule has 3 rings (SSSR count). The number of fused-ring (bicyclic) bond motifs is 1. The summed E-state index contributed by atoms with van der Waals surface area (Å²) in [6, 6.07) is 7.00. The molecule has 0 radical (unpaired) electrons. The van der Waals surface area contributed by atoms with Crippen LogP contribution >= 0.6 is 27.3 Å². The molecule has 0 spiro atoms. The number of hydrogen-bond acceptors (Lipinski definition) is 3. The van der Waals surface area contributed by atoms with Crippen LogP contribution in [0.2, 0.25) is 0 Å². The zero-order valence-electron chi connectivity index (χ0n) is 11.9. The van der Waals surface area contributed by atoms with Gasteiger partial charge in [0.15, 0.2) is 0 Å². The van der Waals surface area contributed by atoms with Crippen LogP contribution in [-0.4, -0.2) is 11.5 Å². The van der Waals surface area contributed by atoms with Crippen molar-refractivity contribution in [2.75, 3.05) is 6.54 Å². The van der Waals surface area contributed by atoms with Crippen LogP contribution in [0.1, 0.15) is 41.9 Å². The number of aromatic nitrogens is 1. The van der Waals surface area contributed by atoms with Crippen molar-refractivity contribution in [1.29, 1.82) is 0 Å². The van der Waals surface area contributed by atoms with Crippen LogP contribution in [0, 0.1) is 6.92 Å². The van der Waals surface area contributed by atoms with Gasteiger partial charge in [-0.25, -0.2) is 4.98 Å². The van der Waals surface area contributed by atoms with Crippen LogP contribution in [0.25, 0.3) is 10.6 Å². The Morgan fingerprint density at radius 2 is 2.30 bits per heavy atom. The van der Waals surface area contributed by atoms with Crippen molar-refractivity contribution >= 4 is 27.3 Å². The first-order chi connectivity index (χ1) is 9.69. The molecule has 1 atom stereocenters. The van der Waals surface area contributed by atoms with Crippen LogP contribution in [0.15, 0.2) is 22.7 Å². The van der Waals surface area contributed by atoms with E-state index in [0.29, 0.717) is 6.04 Å². The lowest BCUT2D eigenvalue weighted by Crippen LogP contribution is -2.23. The van der Waals surface area contributed by atoms with Crippen molar-refractivity contribution in [2.24, 2.45) is 0 Å². The molecule has 106 valence electrons. The molecule has 1 aliphatic rings. The van der Waals surface area contributed by atoms with Crippen molar-refractivity contribution < 1.29 is 0 Å². The van der Waals surface area contributed by atoms with E-state index in [1.807, 2.05) is 11.3 Å². The molecule has 1 N–H and O–H groups in total. The minimum absolute atomic E-state index is 0.506. The summed E-state index contributed by atoms with van der Waals surface area (Å²) in [5.74, 6) is 0. The maximum Gasteiger partial charge on any atom is 0.123 e. The van der Waals surface area contributed by atoms with Gasteiger partial charge in [0.1, 0.15) is 5.01 Å². The average molecular weight is 351 g/mol. The zero-order chi connectivity index (χ0) is 14.1. The molecule has 0 fully saturated rings. The fourth-order valence-corrected chi connectivity index (χ4v) is 4.23. The van der Waals surface area contributed by atoms with E-state index >= 15 is 0 Å². The number of benzene rings is 1. The Morgan fingerprint density at radius 3 is 3.05 bits per heavy atom. The van der Waals surface area contributed by atoms with Crippen molar-refractivity contribution in [2.45, 2.75) is 39.2 Å². The van der Waals surface area contributed by atoms with E-state index in [0.717, 1.165) is 22.4 Å². The molecule has 1 unspecified atom stereocenters. The fourth-order valence-electron chi connectivity index (χ4n) is 2.76. The highest BCUT2D eigenvalue weighted by Crippen LogP contribution is 2.38. The second-order valence-corrected chi connectivity index (χ2v) is 7.18. The lowest BCUT2D eigenvalue weighted by Gasteiger charge is -2.21. The van der Waals surface area contributed by atoms with E-state index in [9.17, 15) is 0 Å². The van der Waals surface area contributed by atoms with Crippen LogP contribution in [0.4, 0.5) is 0 Å². The molecule has 2 aromatic rings. The second-order valence-electron chi connectivity index (χ2n) is 5.30. The Morgan fingerprint density at radius 1 is 1.45 bits per heavy atom. The largest absolute Gasteiger partial charge is 0.309 e. The first kappa shape index (κ1) is 14.2. The van der Waals surface area contributed by atoms with Crippen molar-refractivity contribution in [1.82, 2.24) is 10.3 Å². The molecule has 0 saturated carbocycles. The predicted octanol–water partition coefficient (Wildman–Crippen LogP) is 4.87. The Kier molecular flexibility index (Phi) is 4.24. The Hall–Kier alpha value is -0.710. The van der Waals surface area contributed by atoms with Crippen LogP contribution in [0.3, 0.4) is 0 Å². The molecule has 4 heteroatoms. The van der Waals surface area contributed by atoms with Gasteiger partial charge in [-0.2, -0.15) is 0 Å². The number of rotatable bonds is 3. The number of aryl methyl sites for hydroxylation is 2. The third-order valence-electron chi connectivity index (χ3n) is 3.81. The Labute approximate surface area is 132 Å². The second kappa shape index (κ2) is 5.96. The van der Waals surface area contributed by atoms with Gasteiger partial charge in [-0.3, -0.25) is 0 Å². The molecule has 1 aromatic heterocycles. The lowest BCUT2D eigenvalue weighted by atomic mass is 9.98. The molecule has 20 heavy (non-hydrogen) atoms. The van der Waals surface area contributed by atoms with Gasteiger partial charge in [-0.15, -0.1) is 11.3 Å². The summed E-state index contributed by atoms with van der Waals surface area (Å²) in [6.07, 6.45) is 3.61.